The van der Waals surface area contributed by atoms with Gasteiger partial charge in [0.1, 0.15) is 34.7 Å². The first kappa shape index (κ1) is 108. The summed E-state index contributed by atoms with van der Waals surface area (Å²) in [5.74, 6) is 2.10. The van der Waals surface area contributed by atoms with Gasteiger partial charge in [-0.15, -0.1) is 41.9 Å². The molecule has 0 atom stereocenters. The van der Waals surface area contributed by atoms with Crippen molar-refractivity contribution < 1.29 is 13.5 Å². The molecular weight excluding hydrogens is 1260 g/mol. The molecule has 0 saturated heterocycles. The third-order valence-corrected chi connectivity index (χ3v) is 9.91. The molecule has 0 aromatic carbocycles. The van der Waals surface area contributed by atoms with E-state index in [1.54, 1.807) is 103 Å². The van der Waals surface area contributed by atoms with E-state index in [1.807, 2.05) is 281 Å². The van der Waals surface area contributed by atoms with Crippen molar-refractivity contribution in [3.05, 3.63) is 194 Å². The van der Waals surface area contributed by atoms with Crippen molar-refractivity contribution in [2.45, 2.75) is 222 Å². The number of hydrogen-bond donors (Lipinski definition) is 3. The molecule has 0 radical (unpaired) electrons. The molecule has 12 aromatic heterocycles. The van der Waals surface area contributed by atoms with Crippen LogP contribution in [-0.4, -0.2) is 99.0 Å². The van der Waals surface area contributed by atoms with Crippen LogP contribution in [0, 0.1) is 83.1 Å². The quantitative estimate of drug-likeness (QED) is 0.127. The number of aromatic amines is 3. The van der Waals surface area contributed by atoms with Crippen LogP contribution in [-0.2, 0) is 14.1 Å². The molecule has 27 heteroatoms. The minimum absolute atomic E-state index is 0.623. The zero-order valence-electron chi connectivity index (χ0n) is 64.1. The average Bonchev–Trinajstić information content (AvgIpc) is 4.08. The molecule has 0 aliphatic heterocycles. The van der Waals surface area contributed by atoms with Gasteiger partial charge in [0.2, 0.25) is 11.8 Å². The third kappa shape index (κ3) is 90.4. The van der Waals surface area contributed by atoms with Crippen LogP contribution in [0.4, 0.5) is 0 Å². The maximum atomic E-state index is 4.86. The van der Waals surface area contributed by atoms with Crippen molar-refractivity contribution in [3.63, 3.8) is 0 Å². The second-order valence-electron chi connectivity index (χ2n) is 14.5. The normalized spacial score (nSPS) is 7.68. The van der Waals surface area contributed by atoms with E-state index in [-0.39, 0.29) is 0 Å². The molecule has 0 saturated carbocycles. The van der Waals surface area contributed by atoms with Gasteiger partial charge in [-0.25, -0.2) is 8.75 Å². The Bertz CT molecular complexity index is 2270. The van der Waals surface area contributed by atoms with Crippen molar-refractivity contribution in [2.24, 2.45) is 14.1 Å². The molecule has 3 N–H and O–H groups in total. The molecule has 12 aromatic rings. The summed E-state index contributed by atoms with van der Waals surface area (Å²) in [6.45, 7) is 63.2. The number of nitrogens with zero attached hydrogens (tertiary/aromatic N) is 17. The molecule has 0 aliphatic carbocycles. The Morgan fingerprint density at radius 2 is 1.00 bits per heavy atom. The van der Waals surface area contributed by atoms with Crippen LogP contribution < -0.4 is 0 Å². The maximum absolute atomic E-state index is 4.86. The van der Waals surface area contributed by atoms with E-state index in [9.17, 15) is 0 Å². The Morgan fingerprint density at radius 1 is 0.479 bits per heavy atom. The number of aryl methyl sites for hydroxylation is 14. The minimum Gasteiger partial charge on any atom is -0.426 e. The highest BCUT2D eigenvalue weighted by Crippen LogP contribution is 2.04. The van der Waals surface area contributed by atoms with Crippen LogP contribution in [0.1, 0.15) is 205 Å². The smallest absolute Gasteiger partial charge is 0.213 e. The summed E-state index contributed by atoms with van der Waals surface area (Å²) in [7, 11) is 3.76. The van der Waals surface area contributed by atoms with E-state index in [4.69, 9.17) is 4.42 Å². The summed E-state index contributed by atoms with van der Waals surface area (Å²) in [5.41, 5.74) is 6.81. The van der Waals surface area contributed by atoms with Gasteiger partial charge in [-0.3, -0.25) is 20.0 Å². The van der Waals surface area contributed by atoms with Gasteiger partial charge in [-0.2, -0.15) is 24.8 Å². The molecule has 94 heavy (non-hydrogen) atoms. The van der Waals surface area contributed by atoms with Crippen LogP contribution in [0.15, 0.2) is 142 Å². The standard InChI is InChI=1S/C4H6N2O.C4H6N2S.4C4H6N2.2C4H5NO.3C4H5NS.C3H5N3.10C2H6/c2*1-3-5-6-4(2)7-3;1-4-2-5-6-3-4;1-6-4-2-3-5-6;2*1-4-2-3-5-6-4;1-4-2-5-6-3-4;1-4-2-3-5-6-4;1-4-2-5-6-3-4;1-4-2-3-6-5-4;1-4-2-3-5-6-4;1-6-2-4-5-3-6;10*1-2/h2*1-2H3;2-3H,1H3,(H,5,6);2-4H,1H3;2*2-3H,1H3,(H,5,6);6*2-3H,1H3;10*1-2H3. The van der Waals surface area contributed by atoms with E-state index in [0.717, 1.165) is 38.4 Å². The second-order valence-corrected chi connectivity index (χ2v) is 18.3. The molecule has 536 valence electrons. The lowest BCUT2D eigenvalue weighted by Gasteiger charge is -1.77. The molecule has 0 aliphatic rings. The molecule has 12 heterocycles. The van der Waals surface area contributed by atoms with Crippen molar-refractivity contribution in [1.82, 2.24) is 99.0 Å². The number of nitrogens with one attached hydrogen (secondary N) is 3. The van der Waals surface area contributed by atoms with Crippen LogP contribution >= 0.6 is 45.9 Å². The van der Waals surface area contributed by atoms with Gasteiger partial charge < -0.3 is 18.0 Å². The van der Waals surface area contributed by atoms with Crippen molar-refractivity contribution in [3.8, 4) is 0 Å². The SMILES string of the molecule is CC.CC.CC.CC.CC.CC.CC.CC.CC.CC.Cc1ccn[nH]1.Cc1ccn[nH]1.Cc1ccno1.Cc1ccns1.Cc1ccsn1.Cc1cn[nH]c1.Cc1cnoc1.Cc1cnsc1.Cc1nnc(C)o1.Cc1nnc(C)s1.Cn1cccn1.Cn1cnnc1. The highest BCUT2D eigenvalue weighted by molar-refractivity contribution is 7.11. The first-order chi connectivity index (χ1) is 45.5. The van der Waals surface area contributed by atoms with Crippen LogP contribution in [0.2, 0.25) is 0 Å². The fraction of sp³-hybridized carbons (Fsp3) is 0.507. The highest BCUT2D eigenvalue weighted by Gasteiger charge is 1.90. The van der Waals surface area contributed by atoms with Crippen LogP contribution in [0.25, 0.3) is 0 Å². The lowest BCUT2D eigenvalue weighted by Crippen LogP contribution is -1.83. The number of aromatic nitrogens is 20. The van der Waals surface area contributed by atoms with Crippen molar-refractivity contribution in [1.29, 1.82) is 0 Å². The summed E-state index contributed by atoms with van der Waals surface area (Å²) in [4.78, 5) is 1.27. The highest BCUT2D eigenvalue weighted by atomic mass is 32.1. The van der Waals surface area contributed by atoms with Crippen LogP contribution in [0.5, 0.6) is 0 Å². The largest absolute Gasteiger partial charge is 0.426 e. The van der Waals surface area contributed by atoms with Gasteiger partial charge >= 0.3 is 0 Å². The molecule has 0 fully saturated rings. The predicted molar refractivity (Wildman–Crippen MR) is 404 cm³/mol. The average molecular weight is 1390 g/mol. The summed E-state index contributed by atoms with van der Waals surface area (Å²) < 4.78 is 29.1. The Kier molecular flexibility index (Phi) is 107. The van der Waals surface area contributed by atoms with Gasteiger partial charge in [-0.05, 0) is 145 Å². The molecule has 0 bridgehead atoms. The molecule has 0 amide bonds. The van der Waals surface area contributed by atoms with Gasteiger partial charge in [-0.1, -0.05) is 149 Å². The first-order valence-electron chi connectivity index (χ1n) is 32.0. The van der Waals surface area contributed by atoms with Gasteiger partial charge in [0.05, 0.1) is 24.3 Å². The van der Waals surface area contributed by atoms with E-state index < -0.39 is 0 Å². The monoisotopic (exact) mass is 1390 g/mol. The van der Waals surface area contributed by atoms with Crippen molar-refractivity contribution >= 4 is 45.9 Å². The fourth-order valence-corrected chi connectivity index (χ4v) is 5.76. The molecule has 12 rings (SSSR count). The Balaban J connectivity index is -0.0000000999. The second kappa shape index (κ2) is 93.7. The number of H-pyrrole nitrogens is 3. The summed E-state index contributed by atoms with van der Waals surface area (Å²) in [6, 6.07) is 11.5. The lowest BCUT2D eigenvalue weighted by atomic mass is 10.4. The van der Waals surface area contributed by atoms with E-state index in [0.29, 0.717) is 11.8 Å². The van der Waals surface area contributed by atoms with Gasteiger partial charge in [0.25, 0.3) is 0 Å². The van der Waals surface area contributed by atoms with E-state index >= 15 is 0 Å². The van der Waals surface area contributed by atoms with E-state index in [2.05, 4.69) is 98.8 Å². The van der Waals surface area contributed by atoms with Gasteiger partial charge in [0, 0.05) is 110 Å². The number of rotatable bonds is 0. The predicted octanol–water partition coefficient (Wildman–Crippen LogP) is 20.8. The summed E-state index contributed by atoms with van der Waals surface area (Å²) >= 11 is 6.13. The first-order valence-corrected chi connectivity index (χ1v) is 35.2. The molecule has 0 spiro atoms. The number of hydrogen-bond acceptors (Lipinski definition) is 22. The van der Waals surface area contributed by atoms with E-state index in [1.165, 1.54) is 50.6 Å². The zero-order valence-corrected chi connectivity index (χ0v) is 67.4. The summed E-state index contributed by atoms with van der Waals surface area (Å²) in [6.07, 6.45) is 22.5. The Hall–Kier alpha value is -8.01. The Labute approximate surface area is 584 Å². The van der Waals surface area contributed by atoms with Crippen molar-refractivity contribution in [2.75, 3.05) is 0 Å². The lowest BCUT2D eigenvalue weighted by molar-refractivity contribution is 0.397. The minimum atomic E-state index is 0.623. The van der Waals surface area contributed by atoms with Crippen LogP contribution in [0.3, 0.4) is 0 Å². The topological polar surface area (TPSA) is 290 Å². The fourth-order valence-electron chi connectivity index (χ4n) is 3.70. The Morgan fingerprint density at radius 3 is 1.12 bits per heavy atom. The maximum Gasteiger partial charge on any atom is 0.213 e. The third-order valence-electron chi connectivity index (χ3n) is 7.15. The van der Waals surface area contributed by atoms with Gasteiger partial charge in [0.15, 0.2) is 0 Å². The summed E-state index contributed by atoms with van der Waals surface area (Å²) in [5, 5.41) is 57.9. The molecule has 0 unspecified atom stereocenters. The molecule has 23 nitrogen and oxygen atoms in total. The molecular formula is C67H126N20O3S4. The zero-order chi connectivity index (χ0) is 74.6.